The smallest absolute Gasteiger partial charge is 0.164 e. The van der Waals surface area contributed by atoms with Crippen molar-refractivity contribution in [2.75, 3.05) is 0 Å². The number of rotatable bonds is 3. The molecule has 0 radical (unpaired) electrons. The van der Waals surface area contributed by atoms with Gasteiger partial charge in [0.25, 0.3) is 0 Å². The molecule has 3 rings (SSSR count). The summed E-state index contributed by atoms with van der Waals surface area (Å²) >= 11 is 0. The van der Waals surface area contributed by atoms with Gasteiger partial charge in [-0.25, -0.2) is 9.97 Å². The van der Waals surface area contributed by atoms with Crippen LogP contribution in [0.1, 0.15) is 18.3 Å². The zero-order valence-electron chi connectivity index (χ0n) is 10.9. The first-order valence-corrected chi connectivity index (χ1v) is 6.44. The predicted molar refractivity (Wildman–Crippen MR) is 75.7 cm³/mol. The molecule has 2 heterocycles. The Hall–Kier alpha value is -2.20. The molecule has 0 aliphatic rings. The van der Waals surface area contributed by atoms with Crippen LogP contribution in [0.2, 0.25) is 0 Å². The summed E-state index contributed by atoms with van der Waals surface area (Å²) in [5.41, 5.74) is 9.88. The molecular weight excluding hydrogens is 236 g/mol. The number of nitrogens with zero attached hydrogens (tertiary/aromatic N) is 3. The van der Waals surface area contributed by atoms with E-state index in [1.165, 1.54) is 5.56 Å². The highest BCUT2D eigenvalue weighted by Gasteiger charge is 2.12. The molecule has 0 atom stereocenters. The van der Waals surface area contributed by atoms with Gasteiger partial charge < -0.3 is 5.73 Å². The van der Waals surface area contributed by atoms with Gasteiger partial charge in [-0.3, -0.25) is 4.40 Å². The van der Waals surface area contributed by atoms with Crippen molar-refractivity contribution in [2.45, 2.75) is 19.9 Å². The first-order valence-electron chi connectivity index (χ1n) is 6.44. The number of benzene rings is 1. The number of fused-ring (bicyclic) bond motifs is 1. The highest BCUT2D eigenvalue weighted by molar-refractivity contribution is 5.74. The standard InChI is InChI=1S/C15H16N4/c1-2-11-4-6-12(7-5-11)14-15-17-8-3-9-19(15)13(10-16)18-14/h3-9H,2,10,16H2,1H3. The molecule has 0 amide bonds. The second-order valence-corrected chi connectivity index (χ2v) is 4.44. The molecule has 2 N–H and O–H groups in total. The first kappa shape index (κ1) is 11.9. The number of nitrogens with two attached hydrogens (primary N) is 1. The monoisotopic (exact) mass is 252 g/mol. The van der Waals surface area contributed by atoms with E-state index in [1.807, 2.05) is 16.7 Å². The molecule has 0 spiro atoms. The number of hydrogen-bond acceptors (Lipinski definition) is 3. The van der Waals surface area contributed by atoms with E-state index in [-0.39, 0.29) is 0 Å². The van der Waals surface area contributed by atoms with E-state index in [1.54, 1.807) is 6.20 Å². The first-order chi connectivity index (χ1) is 9.33. The Labute approximate surface area is 111 Å². The van der Waals surface area contributed by atoms with Gasteiger partial charge in [0, 0.05) is 18.0 Å². The van der Waals surface area contributed by atoms with Crippen molar-refractivity contribution in [1.82, 2.24) is 14.4 Å². The van der Waals surface area contributed by atoms with Gasteiger partial charge in [-0.15, -0.1) is 0 Å². The minimum atomic E-state index is 0.403. The van der Waals surface area contributed by atoms with Crippen LogP contribution >= 0.6 is 0 Å². The minimum Gasteiger partial charge on any atom is -0.324 e. The lowest BCUT2D eigenvalue weighted by Crippen LogP contribution is -2.02. The number of aromatic nitrogens is 3. The fraction of sp³-hybridized carbons (Fsp3) is 0.200. The van der Waals surface area contributed by atoms with Crippen molar-refractivity contribution in [1.29, 1.82) is 0 Å². The van der Waals surface area contributed by atoms with Gasteiger partial charge in [-0.2, -0.15) is 0 Å². The van der Waals surface area contributed by atoms with Gasteiger partial charge in [0.05, 0.1) is 6.54 Å². The average Bonchev–Trinajstić information content (AvgIpc) is 2.86. The third-order valence-corrected chi connectivity index (χ3v) is 3.30. The second kappa shape index (κ2) is 4.82. The summed E-state index contributed by atoms with van der Waals surface area (Å²) in [4.78, 5) is 9.02. The molecule has 19 heavy (non-hydrogen) atoms. The van der Waals surface area contributed by atoms with Crippen molar-refractivity contribution in [3.63, 3.8) is 0 Å². The molecule has 0 bridgehead atoms. The normalized spacial score (nSPS) is 11.1. The topological polar surface area (TPSA) is 56.2 Å². The van der Waals surface area contributed by atoms with E-state index in [0.29, 0.717) is 6.54 Å². The molecule has 0 aliphatic heterocycles. The van der Waals surface area contributed by atoms with E-state index in [4.69, 9.17) is 5.73 Å². The SMILES string of the molecule is CCc1ccc(-c2nc(CN)n3cccnc23)cc1. The average molecular weight is 252 g/mol. The maximum Gasteiger partial charge on any atom is 0.164 e. The zero-order chi connectivity index (χ0) is 13.2. The van der Waals surface area contributed by atoms with Crippen molar-refractivity contribution < 1.29 is 0 Å². The molecule has 0 unspecified atom stereocenters. The fourth-order valence-electron chi connectivity index (χ4n) is 2.22. The molecule has 2 aromatic heterocycles. The van der Waals surface area contributed by atoms with Crippen LogP contribution in [0.25, 0.3) is 16.9 Å². The van der Waals surface area contributed by atoms with Crippen LogP contribution in [0.15, 0.2) is 42.7 Å². The Morgan fingerprint density at radius 1 is 1.21 bits per heavy atom. The summed E-state index contributed by atoms with van der Waals surface area (Å²) in [7, 11) is 0. The molecule has 1 aromatic carbocycles. The zero-order valence-corrected chi connectivity index (χ0v) is 10.9. The van der Waals surface area contributed by atoms with Crippen molar-refractivity contribution in [3.8, 4) is 11.3 Å². The van der Waals surface area contributed by atoms with Crippen molar-refractivity contribution >= 4 is 5.65 Å². The summed E-state index contributed by atoms with van der Waals surface area (Å²) in [6.07, 6.45) is 4.76. The van der Waals surface area contributed by atoms with Gasteiger partial charge in [-0.05, 0) is 18.1 Å². The predicted octanol–water partition coefficient (Wildman–Crippen LogP) is 2.42. The molecular formula is C15H16N4. The summed E-state index contributed by atoms with van der Waals surface area (Å²) in [6.45, 7) is 2.55. The molecule has 3 aromatic rings. The number of imidazole rings is 1. The maximum absolute atomic E-state index is 5.74. The highest BCUT2D eigenvalue weighted by atomic mass is 15.1. The lowest BCUT2D eigenvalue weighted by atomic mass is 10.1. The summed E-state index contributed by atoms with van der Waals surface area (Å²) in [6, 6.07) is 10.3. The van der Waals surface area contributed by atoms with Crippen LogP contribution in [-0.4, -0.2) is 14.4 Å². The third kappa shape index (κ3) is 2.00. The van der Waals surface area contributed by atoms with Crippen LogP contribution in [-0.2, 0) is 13.0 Å². The Kier molecular flexibility index (Phi) is 3.01. The summed E-state index contributed by atoms with van der Waals surface area (Å²) in [5, 5.41) is 0. The Morgan fingerprint density at radius 3 is 2.68 bits per heavy atom. The summed E-state index contributed by atoms with van der Waals surface area (Å²) < 4.78 is 1.95. The summed E-state index contributed by atoms with van der Waals surface area (Å²) in [5.74, 6) is 0.831. The van der Waals surface area contributed by atoms with Crippen molar-refractivity contribution in [2.24, 2.45) is 5.73 Å². The fourth-order valence-corrected chi connectivity index (χ4v) is 2.22. The minimum absolute atomic E-state index is 0.403. The molecule has 4 nitrogen and oxygen atoms in total. The lowest BCUT2D eigenvalue weighted by Gasteiger charge is -2.00. The molecule has 4 heteroatoms. The van der Waals surface area contributed by atoms with E-state index in [9.17, 15) is 0 Å². The van der Waals surface area contributed by atoms with Gasteiger partial charge in [0.15, 0.2) is 5.65 Å². The molecule has 96 valence electrons. The Bertz CT molecular complexity index is 698. The molecule has 0 saturated heterocycles. The third-order valence-electron chi connectivity index (χ3n) is 3.30. The number of aryl methyl sites for hydroxylation is 1. The van der Waals surface area contributed by atoms with Crippen molar-refractivity contribution in [3.05, 3.63) is 54.1 Å². The van der Waals surface area contributed by atoms with Gasteiger partial charge in [-0.1, -0.05) is 31.2 Å². The van der Waals surface area contributed by atoms with E-state index < -0.39 is 0 Å². The van der Waals surface area contributed by atoms with Crippen LogP contribution in [0, 0.1) is 0 Å². The van der Waals surface area contributed by atoms with E-state index >= 15 is 0 Å². The van der Waals surface area contributed by atoms with E-state index in [2.05, 4.69) is 41.2 Å². The Morgan fingerprint density at radius 2 is 2.00 bits per heavy atom. The van der Waals surface area contributed by atoms with Crippen LogP contribution in [0.5, 0.6) is 0 Å². The van der Waals surface area contributed by atoms with E-state index in [0.717, 1.165) is 29.1 Å². The van der Waals surface area contributed by atoms with Crippen LogP contribution in [0.3, 0.4) is 0 Å². The number of hydrogen-bond donors (Lipinski definition) is 1. The largest absolute Gasteiger partial charge is 0.324 e. The van der Waals surface area contributed by atoms with Gasteiger partial charge in [0.1, 0.15) is 11.5 Å². The quantitative estimate of drug-likeness (QED) is 0.778. The second-order valence-electron chi connectivity index (χ2n) is 4.44. The maximum atomic E-state index is 5.74. The molecule has 0 saturated carbocycles. The van der Waals surface area contributed by atoms with Crippen LogP contribution in [0.4, 0.5) is 0 Å². The lowest BCUT2D eigenvalue weighted by molar-refractivity contribution is 0.897. The molecule has 0 fully saturated rings. The van der Waals surface area contributed by atoms with Gasteiger partial charge in [0.2, 0.25) is 0 Å². The molecule has 0 aliphatic carbocycles. The highest BCUT2D eigenvalue weighted by Crippen LogP contribution is 2.23. The Balaban J connectivity index is 2.18. The van der Waals surface area contributed by atoms with Gasteiger partial charge >= 0.3 is 0 Å². The van der Waals surface area contributed by atoms with Crippen LogP contribution < -0.4 is 5.73 Å².